The number of aliphatic hydroxyl groups excluding tert-OH is 1. The number of para-hydroxylation sites is 1. The molecule has 2 N–H and O–H groups in total. The van der Waals surface area contributed by atoms with Crippen LogP contribution in [0.1, 0.15) is 50.0 Å². The molecule has 1 saturated carbocycles. The molecule has 1 aliphatic heterocycles. The molecule has 2 atom stereocenters. The number of hydrogen-bond acceptors (Lipinski definition) is 2. The number of rotatable bonds is 4. The highest BCUT2D eigenvalue weighted by Gasteiger charge is 2.25. The van der Waals surface area contributed by atoms with Gasteiger partial charge in [-0.25, -0.2) is 0 Å². The van der Waals surface area contributed by atoms with E-state index in [1.165, 1.54) is 61.8 Å². The number of piperidine rings is 1. The first-order chi connectivity index (χ1) is 11.3. The van der Waals surface area contributed by atoms with Crippen molar-refractivity contribution in [1.82, 2.24) is 9.88 Å². The largest absolute Gasteiger partial charge is 0.393 e. The van der Waals surface area contributed by atoms with E-state index >= 15 is 0 Å². The number of nitrogens with one attached hydrogen (secondary N) is 1. The smallest absolute Gasteiger partial charge is 0.0543 e. The summed E-state index contributed by atoms with van der Waals surface area (Å²) in [7, 11) is 0. The minimum atomic E-state index is -0.0207. The molecule has 124 valence electrons. The number of hydrogen-bond donors (Lipinski definition) is 2. The van der Waals surface area contributed by atoms with Gasteiger partial charge in [-0.3, -0.25) is 0 Å². The van der Waals surface area contributed by atoms with Gasteiger partial charge in [0.15, 0.2) is 0 Å². The Hall–Kier alpha value is -1.32. The number of aromatic amines is 1. The standard InChI is InChI=1S/C20H28N2O/c23-17-6-5-15(13-17)7-10-22-11-8-16(9-12-22)19-14-21-20-4-2-1-3-18(19)20/h1-4,14-17,21,23H,5-13H2/t15-,17+/m1/s1. The van der Waals surface area contributed by atoms with Crippen molar-refractivity contribution in [2.24, 2.45) is 5.92 Å². The monoisotopic (exact) mass is 312 g/mol. The van der Waals surface area contributed by atoms with Gasteiger partial charge in [0.1, 0.15) is 0 Å². The molecular formula is C20H28N2O. The van der Waals surface area contributed by atoms with Crippen LogP contribution in [0.4, 0.5) is 0 Å². The molecule has 1 aromatic heterocycles. The van der Waals surface area contributed by atoms with Crippen molar-refractivity contribution >= 4 is 10.9 Å². The second-order valence-corrected chi connectivity index (χ2v) is 7.53. The van der Waals surface area contributed by atoms with Crippen LogP contribution in [0, 0.1) is 5.92 Å². The maximum atomic E-state index is 9.65. The van der Waals surface area contributed by atoms with Gasteiger partial charge in [0.2, 0.25) is 0 Å². The molecule has 1 aliphatic carbocycles. The van der Waals surface area contributed by atoms with E-state index in [1.54, 1.807) is 0 Å². The van der Waals surface area contributed by atoms with Crippen LogP contribution >= 0.6 is 0 Å². The Labute approximate surface area is 138 Å². The first-order valence-electron chi connectivity index (χ1n) is 9.26. The van der Waals surface area contributed by atoms with Gasteiger partial charge in [-0.15, -0.1) is 0 Å². The molecule has 2 aromatic rings. The predicted molar refractivity (Wildman–Crippen MR) is 94.7 cm³/mol. The molecular weight excluding hydrogens is 284 g/mol. The first kappa shape index (κ1) is 15.2. The highest BCUT2D eigenvalue weighted by molar-refractivity contribution is 5.83. The van der Waals surface area contributed by atoms with Crippen molar-refractivity contribution in [3.8, 4) is 0 Å². The Bertz CT molecular complexity index is 642. The molecule has 0 spiro atoms. The zero-order valence-corrected chi connectivity index (χ0v) is 13.9. The Morgan fingerprint density at radius 2 is 1.91 bits per heavy atom. The van der Waals surface area contributed by atoms with E-state index in [4.69, 9.17) is 0 Å². The molecule has 1 aromatic carbocycles. The maximum Gasteiger partial charge on any atom is 0.0543 e. The summed E-state index contributed by atoms with van der Waals surface area (Å²) in [5, 5.41) is 11.1. The van der Waals surface area contributed by atoms with E-state index in [0.29, 0.717) is 5.92 Å². The molecule has 2 aliphatic rings. The van der Waals surface area contributed by atoms with Gasteiger partial charge in [-0.1, -0.05) is 18.2 Å². The third-order valence-electron chi connectivity index (χ3n) is 6.02. The Kier molecular flexibility index (Phi) is 4.41. The SMILES string of the molecule is O[C@H]1CC[C@H](CCN2CCC(c3c[nH]c4ccccc34)CC2)C1. The normalized spacial score (nSPS) is 27.0. The minimum Gasteiger partial charge on any atom is -0.393 e. The Morgan fingerprint density at radius 3 is 2.70 bits per heavy atom. The fourth-order valence-corrected chi connectivity index (χ4v) is 4.58. The van der Waals surface area contributed by atoms with Crippen molar-refractivity contribution in [1.29, 1.82) is 0 Å². The van der Waals surface area contributed by atoms with Crippen LogP contribution in [0.2, 0.25) is 0 Å². The molecule has 4 rings (SSSR count). The van der Waals surface area contributed by atoms with E-state index in [-0.39, 0.29) is 6.10 Å². The van der Waals surface area contributed by atoms with Crippen LogP contribution in [0.15, 0.2) is 30.5 Å². The number of aliphatic hydroxyl groups is 1. The lowest BCUT2D eigenvalue weighted by molar-refractivity contribution is 0.169. The van der Waals surface area contributed by atoms with E-state index < -0.39 is 0 Å². The number of fused-ring (bicyclic) bond motifs is 1. The summed E-state index contributed by atoms with van der Waals surface area (Å²) in [5.41, 5.74) is 2.78. The Balaban J connectivity index is 1.30. The van der Waals surface area contributed by atoms with Gasteiger partial charge in [-0.05, 0) is 81.6 Å². The van der Waals surface area contributed by atoms with Crippen LogP contribution in [0.25, 0.3) is 10.9 Å². The van der Waals surface area contributed by atoms with E-state index in [1.807, 2.05) is 0 Å². The van der Waals surface area contributed by atoms with Crippen LogP contribution in [0.3, 0.4) is 0 Å². The molecule has 0 radical (unpaired) electrons. The third-order valence-corrected chi connectivity index (χ3v) is 6.02. The summed E-state index contributed by atoms with van der Waals surface area (Å²) in [6.07, 6.45) is 9.31. The molecule has 3 heteroatoms. The second kappa shape index (κ2) is 6.66. The van der Waals surface area contributed by atoms with Crippen LogP contribution in [-0.2, 0) is 0 Å². The van der Waals surface area contributed by atoms with E-state index in [2.05, 4.69) is 40.3 Å². The van der Waals surface area contributed by atoms with Crippen LogP contribution < -0.4 is 0 Å². The summed E-state index contributed by atoms with van der Waals surface area (Å²) in [5.74, 6) is 1.46. The van der Waals surface area contributed by atoms with Gasteiger partial charge in [0.25, 0.3) is 0 Å². The van der Waals surface area contributed by atoms with Gasteiger partial charge in [0, 0.05) is 17.1 Å². The summed E-state index contributed by atoms with van der Waals surface area (Å²) in [6.45, 7) is 3.66. The van der Waals surface area contributed by atoms with E-state index in [9.17, 15) is 5.11 Å². The maximum absolute atomic E-state index is 9.65. The molecule has 3 nitrogen and oxygen atoms in total. The first-order valence-corrected chi connectivity index (χ1v) is 9.26. The van der Waals surface area contributed by atoms with Gasteiger partial charge >= 0.3 is 0 Å². The lowest BCUT2D eigenvalue weighted by Gasteiger charge is -2.32. The average Bonchev–Trinajstić information content (AvgIpc) is 3.20. The summed E-state index contributed by atoms with van der Waals surface area (Å²) in [6, 6.07) is 8.67. The quantitative estimate of drug-likeness (QED) is 0.899. The van der Waals surface area contributed by atoms with Crippen molar-refractivity contribution in [2.75, 3.05) is 19.6 Å². The molecule has 0 amide bonds. The Morgan fingerprint density at radius 1 is 1.09 bits per heavy atom. The van der Waals surface area contributed by atoms with Crippen molar-refractivity contribution < 1.29 is 5.11 Å². The summed E-state index contributed by atoms with van der Waals surface area (Å²) >= 11 is 0. The number of aromatic nitrogens is 1. The number of benzene rings is 1. The number of H-pyrrole nitrogens is 1. The van der Waals surface area contributed by atoms with Gasteiger partial charge < -0.3 is 15.0 Å². The number of likely N-dealkylation sites (tertiary alicyclic amines) is 1. The predicted octanol–water partition coefficient (Wildman–Crippen LogP) is 3.90. The van der Waals surface area contributed by atoms with Crippen molar-refractivity contribution in [2.45, 2.75) is 50.5 Å². The molecule has 23 heavy (non-hydrogen) atoms. The van der Waals surface area contributed by atoms with Gasteiger partial charge in [-0.2, -0.15) is 0 Å². The number of nitrogens with zero attached hydrogens (tertiary/aromatic N) is 1. The fourth-order valence-electron chi connectivity index (χ4n) is 4.58. The summed E-state index contributed by atoms with van der Waals surface area (Å²) < 4.78 is 0. The molecule has 2 fully saturated rings. The summed E-state index contributed by atoms with van der Waals surface area (Å²) in [4.78, 5) is 6.06. The second-order valence-electron chi connectivity index (χ2n) is 7.53. The molecule has 1 saturated heterocycles. The van der Waals surface area contributed by atoms with Crippen molar-refractivity contribution in [3.05, 3.63) is 36.0 Å². The van der Waals surface area contributed by atoms with Crippen LogP contribution in [0.5, 0.6) is 0 Å². The molecule has 0 unspecified atom stereocenters. The lowest BCUT2D eigenvalue weighted by atomic mass is 9.89. The fraction of sp³-hybridized carbons (Fsp3) is 0.600. The van der Waals surface area contributed by atoms with Crippen LogP contribution in [-0.4, -0.2) is 40.7 Å². The average molecular weight is 312 g/mol. The van der Waals surface area contributed by atoms with Crippen molar-refractivity contribution in [3.63, 3.8) is 0 Å². The molecule has 2 heterocycles. The topological polar surface area (TPSA) is 39.3 Å². The van der Waals surface area contributed by atoms with Gasteiger partial charge in [0.05, 0.1) is 6.10 Å². The highest BCUT2D eigenvalue weighted by Crippen LogP contribution is 2.34. The lowest BCUT2D eigenvalue weighted by Crippen LogP contribution is -2.34. The zero-order chi connectivity index (χ0) is 15.6. The minimum absolute atomic E-state index is 0.0207. The third kappa shape index (κ3) is 3.31. The highest BCUT2D eigenvalue weighted by atomic mass is 16.3. The molecule has 0 bridgehead atoms. The zero-order valence-electron chi connectivity index (χ0n) is 13.9. The van der Waals surface area contributed by atoms with E-state index in [0.717, 1.165) is 18.8 Å².